The summed E-state index contributed by atoms with van der Waals surface area (Å²) in [5, 5.41) is 3.02. The van der Waals surface area contributed by atoms with Crippen LogP contribution in [0.3, 0.4) is 0 Å². The Bertz CT molecular complexity index is 984. The van der Waals surface area contributed by atoms with E-state index in [4.69, 9.17) is 4.74 Å². The quantitative estimate of drug-likeness (QED) is 0.606. The molecule has 37 heavy (non-hydrogen) atoms. The van der Waals surface area contributed by atoms with E-state index in [1.54, 1.807) is 9.80 Å². The highest BCUT2D eigenvalue weighted by molar-refractivity contribution is 5.99. The van der Waals surface area contributed by atoms with Crippen molar-refractivity contribution in [3.8, 4) is 0 Å². The van der Waals surface area contributed by atoms with Crippen LogP contribution in [-0.4, -0.2) is 88.9 Å². The second-order valence-electron chi connectivity index (χ2n) is 11.4. The Balaban J connectivity index is 1.22. The Labute approximate surface area is 219 Å². The molecule has 4 amide bonds. The third-order valence-electron chi connectivity index (χ3n) is 7.47. The van der Waals surface area contributed by atoms with E-state index in [-0.39, 0.29) is 36.3 Å². The summed E-state index contributed by atoms with van der Waals surface area (Å²) in [6.07, 6.45) is 3.95. The smallest absolute Gasteiger partial charge is 0.410 e. The van der Waals surface area contributed by atoms with Gasteiger partial charge in [-0.2, -0.15) is 0 Å². The van der Waals surface area contributed by atoms with Crippen LogP contribution in [0.2, 0.25) is 0 Å². The topological polar surface area (TPSA) is 99.3 Å². The van der Waals surface area contributed by atoms with E-state index in [0.717, 1.165) is 25.7 Å². The molecule has 3 fully saturated rings. The molecular weight excluding hydrogens is 472 g/mol. The highest BCUT2D eigenvalue weighted by atomic mass is 16.6. The molecule has 3 aliphatic heterocycles. The average Bonchev–Trinajstić information content (AvgIpc) is 3.32. The number of fused-ring (bicyclic) bond motifs is 1. The van der Waals surface area contributed by atoms with Crippen molar-refractivity contribution in [2.45, 2.75) is 77.0 Å². The molecule has 0 aromatic heterocycles. The zero-order chi connectivity index (χ0) is 26.6. The maximum absolute atomic E-state index is 13.1. The van der Waals surface area contributed by atoms with Gasteiger partial charge in [-0.15, -0.1) is 0 Å². The van der Waals surface area contributed by atoms with Gasteiger partial charge in [0.25, 0.3) is 0 Å². The number of carbonyl (C=O) groups excluding carboxylic acids is 4. The summed E-state index contributed by atoms with van der Waals surface area (Å²) in [6, 6.07) is 8.98. The van der Waals surface area contributed by atoms with Crippen molar-refractivity contribution in [3.05, 3.63) is 35.9 Å². The van der Waals surface area contributed by atoms with Crippen LogP contribution in [0.4, 0.5) is 4.79 Å². The van der Waals surface area contributed by atoms with Crippen LogP contribution >= 0.6 is 0 Å². The summed E-state index contributed by atoms with van der Waals surface area (Å²) in [4.78, 5) is 56.3. The van der Waals surface area contributed by atoms with Crippen molar-refractivity contribution < 1.29 is 23.9 Å². The van der Waals surface area contributed by atoms with Crippen LogP contribution in [0, 0.1) is 5.92 Å². The Hall–Kier alpha value is -3.10. The molecule has 9 heteroatoms. The Morgan fingerprint density at radius 2 is 1.73 bits per heavy atom. The van der Waals surface area contributed by atoms with Gasteiger partial charge in [-0.05, 0) is 70.8 Å². The zero-order valence-corrected chi connectivity index (χ0v) is 22.3. The molecule has 3 saturated heterocycles. The number of carbonyl (C=O) groups is 4. The summed E-state index contributed by atoms with van der Waals surface area (Å²) >= 11 is 0. The maximum Gasteiger partial charge on any atom is 0.410 e. The van der Waals surface area contributed by atoms with Crippen molar-refractivity contribution in [3.63, 3.8) is 0 Å². The van der Waals surface area contributed by atoms with E-state index in [2.05, 4.69) is 17.4 Å². The number of ether oxygens (including phenoxy) is 1. The predicted octanol–water partition coefficient (Wildman–Crippen LogP) is 2.58. The number of hydrogen-bond acceptors (Lipinski definition) is 5. The van der Waals surface area contributed by atoms with E-state index in [0.29, 0.717) is 39.0 Å². The normalized spacial score (nSPS) is 22.7. The van der Waals surface area contributed by atoms with E-state index in [9.17, 15) is 19.2 Å². The van der Waals surface area contributed by atoms with Crippen molar-refractivity contribution in [1.82, 2.24) is 20.0 Å². The number of aryl methyl sites for hydroxylation is 1. The Kier molecular flexibility index (Phi) is 8.39. The van der Waals surface area contributed by atoms with Gasteiger partial charge in [0.1, 0.15) is 17.7 Å². The second-order valence-corrected chi connectivity index (χ2v) is 11.4. The monoisotopic (exact) mass is 512 g/mol. The molecular formula is C28H40N4O5. The fraction of sp³-hybridized carbons (Fsp3) is 0.643. The molecule has 9 nitrogen and oxygen atoms in total. The molecule has 1 aromatic rings. The number of nitrogens with one attached hydrogen (secondary N) is 1. The minimum absolute atomic E-state index is 0.0387. The van der Waals surface area contributed by atoms with E-state index in [1.165, 1.54) is 10.5 Å². The van der Waals surface area contributed by atoms with Gasteiger partial charge < -0.3 is 24.8 Å². The molecule has 1 N–H and O–H groups in total. The van der Waals surface area contributed by atoms with E-state index in [1.807, 2.05) is 39.0 Å². The minimum Gasteiger partial charge on any atom is -0.444 e. The molecule has 0 unspecified atom stereocenters. The Morgan fingerprint density at radius 1 is 1.03 bits per heavy atom. The van der Waals surface area contributed by atoms with E-state index < -0.39 is 17.7 Å². The summed E-state index contributed by atoms with van der Waals surface area (Å²) in [5.41, 5.74) is 0.695. The number of piperazine rings is 1. The van der Waals surface area contributed by atoms with Crippen molar-refractivity contribution in [2.75, 3.05) is 32.7 Å². The first-order valence-electron chi connectivity index (χ1n) is 13.5. The van der Waals surface area contributed by atoms with E-state index >= 15 is 0 Å². The van der Waals surface area contributed by atoms with Gasteiger partial charge in [0.2, 0.25) is 17.7 Å². The molecule has 0 bridgehead atoms. The predicted molar refractivity (Wildman–Crippen MR) is 139 cm³/mol. The number of piperidine rings is 1. The number of rotatable bonds is 7. The van der Waals surface area contributed by atoms with Gasteiger partial charge in [-0.1, -0.05) is 30.3 Å². The molecule has 0 spiro atoms. The fourth-order valence-corrected chi connectivity index (χ4v) is 5.51. The number of nitrogens with zero attached hydrogens (tertiary/aromatic N) is 3. The molecule has 4 rings (SSSR count). The zero-order valence-electron chi connectivity index (χ0n) is 22.3. The third-order valence-corrected chi connectivity index (χ3v) is 7.47. The molecule has 3 heterocycles. The fourth-order valence-electron chi connectivity index (χ4n) is 5.51. The first kappa shape index (κ1) is 26.9. The van der Waals surface area contributed by atoms with Gasteiger partial charge in [0.15, 0.2) is 0 Å². The first-order chi connectivity index (χ1) is 17.6. The van der Waals surface area contributed by atoms with Gasteiger partial charge in [-0.3, -0.25) is 14.4 Å². The van der Waals surface area contributed by atoms with Crippen molar-refractivity contribution in [2.24, 2.45) is 5.92 Å². The van der Waals surface area contributed by atoms with Gasteiger partial charge >= 0.3 is 6.09 Å². The molecule has 0 radical (unpaired) electrons. The van der Waals surface area contributed by atoms with Gasteiger partial charge in [0.05, 0.1) is 6.54 Å². The van der Waals surface area contributed by atoms with Crippen LogP contribution in [0.25, 0.3) is 0 Å². The molecule has 2 atom stereocenters. The molecule has 3 aliphatic rings. The highest BCUT2D eigenvalue weighted by Gasteiger charge is 2.48. The molecule has 0 saturated carbocycles. The minimum atomic E-state index is -0.588. The van der Waals surface area contributed by atoms with Crippen LogP contribution in [0.5, 0.6) is 0 Å². The lowest BCUT2D eigenvalue weighted by Crippen LogP contribution is -2.61. The summed E-state index contributed by atoms with van der Waals surface area (Å²) in [5.74, 6) is -0.112. The molecule has 1 aromatic carbocycles. The second kappa shape index (κ2) is 11.5. The highest BCUT2D eigenvalue weighted by Crippen LogP contribution is 2.30. The lowest BCUT2D eigenvalue weighted by atomic mass is 9.97. The van der Waals surface area contributed by atoms with Crippen molar-refractivity contribution in [1.29, 1.82) is 0 Å². The van der Waals surface area contributed by atoms with Crippen molar-refractivity contribution >= 4 is 23.8 Å². The van der Waals surface area contributed by atoms with Gasteiger partial charge in [0, 0.05) is 26.2 Å². The Morgan fingerprint density at radius 3 is 2.41 bits per heavy atom. The first-order valence-corrected chi connectivity index (χ1v) is 13.5. The number of amides is 4. The van der Waals surface area contributed by atoms with Crippen LogP contribution in [-0.2, 0) is 25.5 Å². The number of benzene rings is 1. The standard InChI is InChI=1S/C28H40N4O5/c1-28(2,3)37-27(36)30-16-13-21(14-17-30)18-29-25(34)22-11-12-23-26(35)31(19-24(33)32(22)23)15-7-10-20-8-5-4-6-9-20/h4-6,8-9,21-23H,7,10-19H2,1-3H3,(H,29,34)/t22-,23-/m0/s1. The molecule has 202 valence electrons. The van der Waals surface area contributed by atoms with Crippen LogP contribution < -0.4 is 5.32 Å². The lowest BCUT2D eigenvalue weighted by molar-refractivity contribution is -0.157. The molecule has 0 aliphatic carbocycles. The van der Waals surface area contributed by atoms with Crippen LogP contribution in [0.15, 0.2) is 30.3 Å². The number of likely N-dealkylation sites (tertiary alicyclic amines) is 1. The number of hydrogen-bond donors (Lipinski definition) is 1. The SMILES string of the molecule is CC(C)(C)OC(=O)N1CCC(CNC(=O)[C@@H]2CC[C@H]3C(=O)N(CCCc4ccccc4)CC(=O)N23)CC1. The van der Waals surface area contributed by atoms with Gasteiger partial charge in [-0.25, -0.2) is 4.79 Å². The summed E-state index contributed by atoms with van der Waals surface area (Å²) in [7, 11) is 0. The summed E-state index contributed by atoms with van der Waals surface area (Å²) < 4.78 is 5.45. The largest absolute Gasteiger partial charge is 0.444 e. The average molecular weight is 513 g/mol. The van der Waals surface area contributed by atoms with Crippen LogP contribution in [0.1, 0.15) is 58.4 Å². The maximum atomic E-state index is 13.1. The summed E-state index contributed by atoms with van der Waals surface area (Å²) in [6.45, 7) is 7.84. The third kappa shape index (κ3) is 6.81. The lowest BCUT2D eigenvalue weighted by Gasteiger charge is -2.38.